The molecule has 0 spiro atoms. The highest BCUT2D eigenvalue weighted by molar-refractivity contribution is 5.77. The lowest BCUT2D eigenvalue weighted by Crippen LogP contribution is -2.24. The zero-order chi connectivity index (χ0) is 12.0. The van der Waals surface area contributed by atoms with Crippen LogP contribution in [-0.4, -0.2) is 36.1 Å². The van der Waals surface area contributed by atoms with Gasteiger partial charge in [-0.1, -0.05) is 0 Å². The van der Waals surface area contributed by atoms with Crippen LogP contribution in [0.4, 0.5) is 0 Å². The summed E-state index contributed by atoms with van der Waals surface area (Å²) in [6, 6.07) is -0.767. The quantitative estimate of drug-likeness (QED) is 0.546. The number of rotatable bonds is 6. The zero-order valence-corrected chi connectivity index (χ0v) is 9.55. The molecule has 6 nitrogen and oxygen atoms in total. The maximum atomic E-state index is 11.5. The molecule has 0 radical (unpaired) electrons. The van der Waals surface area contributed by atoms with Crippen molar-refractivity contribution in [1.82, 2.24) is 9.78 Å². The van der Waals surface area contributed by atoms with E-state index >= 15 is 0 Å². The number of aromatic nitrogens is 2. The predicted molar refractivity (Wildman–Crippen MR) is 57.6 cm³/mol. The highest BCUT2D eigenvalue weighted by Crippen LogP contribution is 2.10. The summed E-state index contributed by atoms with van der Waals surface area (Å²) < 4.78 is 11.4. The van der Waals surface area contributed by atoms with Crippen LogP contribution < -0.4 is 5.73 Å². The first-order valence-corrected chi connectivity index (χ1v) is 5.05. The fourth-order valence-corrected chi connectivity index (χ4v) is 1.20. The fraction of sp³-hybridized carbons (Fsp3) is 0.600. The molecule has 1 rings (SSSR count). The lowest BCUT2D eigenvalue weighted by molar-refractivity contribution is -0.145. The van der Waals surface area contributed by atoms with Crippen molar-refractivity contribution in [3.63, 3.8) is 0 Å². The predicted octanol–water partition coefficient (Wildman–Crippen LogP) is -0.000400. The average molecular weight is 227 g/mol. The summed E-state index contributed by atoms with van der Waals surface area (Å²) in [5.41, 5.74) is 6.36. The van der Waals surface area contributed by atoms with Crippen LogP contribution in [0.5, 0.6) is 0 Å². The lowest BCUT2D eigenvalue weighted by Gasteiger charge is -2.09. The Morgan fingerprint density at radius 1 is 1.62 bits per heavy atom. The molecule has 2 N–H and O–H groups in total. The Morgan fingerprint density at radius 3 is 2.94 bits per heavy atom. The SMILES string of the molecule is COCCCOC(=O)C(N)c1cnn(C)c1. The Labute approximate surface area is 94.3 Å². The van der Waals surface area contributed by atoms with Gasteiger partial charge in [0.05, 0.1) is 12.8 Å². The van der Waals surface area contributed by atoms with Crippen molar-refractivity contribution in [2.24, 2.45) is 12.8 Å². The molecule has 1 unspecified atom stereocenters. The van der Waals surface area contributed by atoms with Gasteiger partial charge in [-0.25, -0.2) is 4.79 Å². The van der Waals surface area contributed by atoms with Crippen molar-refractivity contribution in [3.8, 4) is 0 Å². The molecule has 0 aliphatic carbocycles. The molecule has 0 aliphatic heterocycles. The molecule has 0 bridgehead atoms. The maximum Gasteiger partial charge on any atom is 0.327 e. The zero-order valence-electron chi connectivity index (χ0n) is 9.55. The van der Waals surface area contributed by atoms with Crippen LogP contribution >= 0.6 is 0 Å². The minimum atomic E-state index is -0.767. The van der Waals surface area contributed by atoms with E-state index in [0.29, 0.717) is 25.2 Å². The van der Waals surface area contributed by atoms with Gasteiger partial charge in [-0.3, -0.25) is 4.68 Å². The number of aryl methyl sites for hydroxylation is 1. The monoisotopic (exact) mass is 227 g/mol. The van der Waals surface area contributed by atoms with Gasteiger partial charge < -0.3 is 15.2 Å². The lowest BCUT2D eigenvalue weighted by atomic mass is 10.2. The van der Waals surface area contributed by atoms with Crippen molar-refractivity contribution in [3.05, 3.63) is 18.0 Å². The smallest absolute Gasteiger partial charge is 0.327 e. The van der Waals surface area contributed by atoms with Crippen LogP contribution in [0, 0.1) is 0 Å². The maximum absolute atomic E-state index is 11.5. The van der Waals surface area contributed by atoms with Gasteiger partial charge in [0.15, 0.2) is 0 Å². The molecule has 1 atom stereocenters. The molecule has 1 aromatic heterocycles. The largest absolute Gasteiger partial charge is 0.464 e. The van der Waals surface area contributed by atoms with Crippen LogP contribution in [-0.2, 0) is 21.3 Å². The standard InChI is InChI=1S/C10H17N3O3/c1-13-7-8(6-12-13)9(11)10(14)16-5-3-4-15-2/h6-7,9H,3-5,11H2,1-2H3. The topological polar surface area (TPSA) is 79.4 Å². The Hall–Kier alpha value is -1.40. The van der Waals surface area contributed by atoms with Crippen LogP contribution in [0.3, 0.4) is 0 Å². The number of nitrogens with two attached hydrogens (primary N) is 1. The summed E-state index contributed by atoms with van der Waals surface area (Å²) in [5, 5.41) is 3.94. The van der Waals surface area contributed by atoms with Crippen molar-refractivity contribution in [1.29, 1.82) is 0 Å². The van der Waals surface area contributed by atoms with Crippen molar-refractivity contribution >= 4 is 5.97 Å². The molecule has 16 heavy (non-hydrogen) atoms. The molecule has 1 aromatic rings. The summed E-state index contributed by atoms with van der Waals surface area (Å²) in [4.78, 5) is 11.5. The number of carbonyl (C=O) groups is 1. The summed E-state index contributed by atoms with van der Waals surface area (Å²) in [5.74, 6) is -0.441. The van der Waals surface area contributed by atoms with E-state index in [-0.39, 0.29) is 0 Å². The Balaban J connectivity index is 2.36. The van der Waals surface area contributed by atoms with Gasteiger partial charge in [0, 0.05) is 38.9 Å². The van der Waals surface area contributed by atoms with Gasteiger partial charge >= 0.3 is 5.97 Å². The number of nitrogens with zero attached hydrogens (tertiary/aromatic N) is 2. The number of esters is 1. The van der Waals surface area contributed by atoms with E-state index in [1.165, 1.54) is 0 Å². The van der Waals surface area contributed by atoms with Crippen LogP contribution in [0.2, 0.25) is 0 Å². The molecule has 0 amide bonds. The van der Waals surface area contributed by atoms with E-state index in [1.54, 1.807) is 31.2 Å². The Bertz CT molecular complexity index is 338. The minimum absolute atomic E-state index is 0.320. The van der Waals surface area contributed by atoms with E-state index in [9.17, 15) is 4.79 Å². The molecular weight excluding hydrogens is 210 g/mol. The van der Waals surface area contributed by atoms with E-state index in [1.807, 2.05) is 0 Å². The second-order valence-electron chi connectivity index (χ2n) is 3.44. The first-order valence-electron chi connectivity index (χ1n) is 5.05. The van der Waals surface area contributed by atoms with Gasteiger partial charge in [-0.15, -0.1) is 0 Å². The van der Waals surface area contributed by atoms with Gasteiger partial charge in [0.25, 0.3) is 0 Å². The molecule has 0 fully saturated rings. The van der Waals surface area contributed by atoms with Gasteiger partial charge in [0.2, 0.25) is 0 Å². The summed E-state index contributed by atoms with van der Waals surface area (Å²) >= 11 is 0. The van der Waals surface area contributed by atoms with Gasteiger partial charge in [-0.2, -0.15) is 5.10 Å². The molecule has 0 saturated heterocycles. The van der Waals surface area contributed by atoms with E-state index in [2.05, 4.69) is 5.10 Å². The molecule has 0 aromatic carbocycles. The highest BCUT2D eigenvalue weighted by Gasteiger charge is 2.18. The third-order valence-corrected chi connectivity index (χ3v) is 2.08. The number of methoxy groups -OCH3 is 1. The molecular formula is C10H17N3O3. The van der Waals surface area contributed by atoms with E-state index in [4.69, 9.17) is 15.2 Å². The van der Waals surface area contributed by atoms with Crippen molar-refractivity contribution in [2.75, 3.05) is 20.3 Å². The van der Waals surface area contributed by atoms with Crippen molar-refractivity contribution in [2.45, 2.75) is 12.5 Å². The van der Waals surface area contributed by atoms with Crippen molar-refractivity contribution < 1.29 is 14.3 Å². The first-order chi connectivity index (χ1) is 7.65. The average Bonchev–Trinajstić information content (AvgIpc) is 2.70. The summed E-state index contributed by atoms with van der Waals surface area (Å²) in [6.45, 7) is 0.885. The van der Waals surface area contributed by atoms with E-state index in [0.717, 1.165) is 0 Å². The molecule has 90 valence electrons. The Morgan fingerprint density at radius 2 is 2.38 bits per heavy atom. The second kappa shape index (κ2) is 6.24. The summed E-state index contributed by atoms with van der Waals surface area (Å²) in [7, 11) is 3.36. The van der Waals surface area contributed by atoms with Gasteiger partial charge in [0.1, 0.15) is 6.04 Å². The van der Waals surface area contributed by atoms with E-state index < -0.39 is 12.0 Å². The summed E-state index contributed by atoms with van der Waals surface area (Å²) in [6.07, 6.45) is 3.92. The number of hydrogen-bond acceptors (Lipinski definition) is 5. The number of ether oxygens (including phenoxy) is 2. The molecule has 0 saturated carbocycles. The Kier molecular flexibility index (Phi) is 4.94. The first kappa shape index (κ1) is 12.7. The number of carbonyl (C=O) groups excluding carboxylic acids is 1. The number of hydrogen-bond donors (Lipinski definition) is 1. The minimum Gasteiger partial charge on any atom is -0.464 e. The molecule has 1 heterocycles. The molecule has 0 aliphatic rings. The van der Waals surface area contributed by atoms with Gasteiger partial charge in [-0.05, 0) is 0 Å². The molecule has 6 heteroatoms. The van der Waals surface area contributed by atoms with Crippen LogP contribution in [0.25, 0.3) is 0 Å². The third kappa shape index (κ3) is 3.63. The van der Waals surface area contributed by atoms with Crippen LogP contribution in [0.15, 0.2) is 12.4 Å². The fourth-order valence-electron chi connectivity index (χ4n) is 1.20. The van der Waals surface area contributed by atoms with Crippen LogP contribution in [0.1, 0.15) is 18.0 Å². The third-order valence-electron chi connectivity index (χ3n) is 2.08. The second-order valence-corrected chi connectivity index (χ2v) is 3.44. The normalized spacial score (nSPS) is 12.4. The highest BCUT2D eigenvalue weighted by atomic mass is 16.5.